The lowest BCUT2D eigenvalue weighted by atomic mass is 9.95. The van der Waals surface area contributed by atoms with Crippen LogP contribution in [0.25, 0.3) is 11.0 Å². The fourth-order valence-electron chi connectivity index (χ4n) is 3.99. The Kier molecular flexibility index (Phi) is 7.36. The monoisotopic (exact) mass is 428 g/mol. The predicted molar refractivity (Wildman–Crippen MR) is 119 cm³/mol. The first-order valence-corrected chi connectivity index (χ1v) is 11.1. The molecule has 3 rings (SSSR count). The standard InChI is InChI=1S/C24H32N2O5/c1-4-7-19-20(11-10-18-16(2)14-21(28)31-22(18)19)30-13-6-5-12-25-23(29)24(3,26-15-27)17-8-9-17/h10-11,14-15,17H,4-9,12-13H2,1-3H3,(H,25,29)(H,26,27). The van der Waals surface area contributed by atoms with Crippen molar-refractivity contribution in [3.05, 3.63) is 39.7 Å². The van der Waals surface area contributed by atoms with Crippen LogP contribution in [-0.4, -0.2) is 31.0 Å². The van der Waals surface area contributed by atoms with Crippen LogP contribution < -0.4 is 21.0 Å². The molecule has 0 aliphatic heterocycles. The average molecular weight is 429 g/mol. The van der Waals surface area contributed by atoms with E-state index >= 15 is 0 Å². The first-order chi connectivity index (χ1) is 14.9. The van der Waals surface area contributed by atoms with Gasteiger partial charge >= 0.3 is 5.63 Å². The number of carbonyl (C=O) groups excluding carboxylic acids is 2. The Morgan fingerprint density at radius 2 is 2.10 bits per heavy atom. The van der Waals surface area contributed by atoms with E-state index in [-0.39, 0.29) is 17.5 Å². The quantitative estimate of drug-likeness (QED) is 0.307. The lowest BCUT2D eigenvalue weighted by Crippen LogP contribution is -2.56. The molecule has 2 aromatic rings. The maximum atomic E-state index is 12.5. The summed E-state index contributed by atoms with van der Waals surface area (Å²) in [6, 6.07) is 5.38. The van der Waals surface area contributed by atoms with Crippen LogP contribution in [0.2, 0.25) is 0 Å². The van der Waals surface area contributed by atoms with Crippen molar-refractivity contribution in [2.75, 3.05) is 13.2 Å². The lowest BCUT2D eigenvalue weighted by Gasteiger charge is -2.27. The minimum Gasteiger partial charge on any atom is -0.493 e. The minimum atomic E-state index is -0.819. The minimum absolute atomic E-state index is 0.131. The van der Waals surface area contributed by atoms with Crippen LogP contribution in [0.4, 0.5) is 0 Å². The maximum Gasteiger partial charge on any atom is 0.336 e. The first-order valence-electron chi connectivity index (χ1n) is 11.1. The number of amides is 2. The van der Waals surface area contributed by atoms with Crippen molar-refractivity contribution < 1.29 is 18.7 Å². The van der Waals surface area contributed by atoms with Crippen LogP contribution in [0.1, 0.15) is 57.1 Å². The summed E-state index contributed by atoms with van der Waals surface area (Å²) in [7, 11) is 0. The third-order valence-corrected chi connectivity index (χ3v) is 6.02. The first kappa shape index (κ1) is 22.8. The number of aryl methyl sites for hydroxylation is 2. The van der Waals surface area contributed by atoms with Crippen LogP contribution in [0.3, 0.4) is 0 Å². The van der Waals surface area contributed by atoms with Gasteiger partial charge in [-0.05, 0) is 69.6 Å². The molecule has 1 aromatic carbocycles. The summed E-state index contributed by atoms with van der Waals surface area (Å²) in [4.78, 5) is 35.2. The molecule has 1 unspecified atom stereocenters. The topological polar surface area (TPSA) is 97.6 Å². The molecule has 2 amide bonds. The Hall–Kier alpha value is -2.83. The molecule has 0 radical (unpaired) electrons. The predicted octanol–water partition coefficient (Wildman–Crippen LogP) is 3.24. The maximum absolute atomic E-state index is 12.5. The molecule has 7 heteroatoms. The van der Waals surface area contributed by atoms with Crippen LogP contribution in [0.5, 0.6) is 5.75 Å². The largest absolute Gasteiger partial charge is 0.493 e. The summed E-state index contributed by atoms with van der Waals surface area (Å²) in [5, 5.41) is 6.55. The number of unbranched alkanes of at least 4 members (excludes halogenated alkanes) is 1. The molecule has 1 aliphatic carbocycles. The number of hydrogen-bond acceptors (Lipinski definition) is 5. The molecule has 0 bridgehead atoms. The zero-order chi connectivity index (χ0) is 22.4. The lowest BCUT2D eigenvalue weighted by molar-refractivity contribution is -0.130. The average Bonchev–Trinajstić information content (AvgIpc) is 3.57. The van der Waals surface area contributed by atoms with Crippen LogP contribution in [0.15, 0.2) is 27.4 Å². The molecule has 1 aliphatic rings. The van der Waals surface area contributed by atoms with E-state index in [1.54, 1.807) is 6.92 Å². The van der Waals surface area contributed by atoms with Crippen molar-refractivity contribution in [2.24, 2.45) is 5.92 Å². The Balaban J connectivity index is 1.53. The molecule has 1 atom stereocenters. The Bertz CT molecular complexity index is 995. The van der Waals surface area contributed by atoms with Crippen molar-refractivity contribution in [1.82, 2.24) is 10.6 Å². The van der Waals surface area contributed by atoms with Crippen LogP contribution >= 0.6 is 0 Å². The van der Waals surface area contributed by atoms with Crippen LogP contribution in [0, 0.1) is 12.8 Å². The number of nitrogens with one attached hydrogen (secondary N) is 2. The highest BCUT2D eigenvalue weighted by Crippen LogP contribution is 2.39. The van der Waals surface area contributed by atoms with Crippen LogP contribution in [-0.2, 0) is 16.0 Å². The number of hydrogen-bond donors (Lipinski definition) is 2. The van der Waals surface area contributed by atoms with E-state index < -0.39 is 5.54 Å². The molecule has 7 nitrogen and oxygen atoms in total. The van der Waals surface area contributed by atoms with Gasteiger partial charge in [0, 0.05) is 23.6 Å². The normalized spacial score (nSPS) is 15.3. The number of carbonyl (C=O) groups is 2. The molecular formula is C24H32N2O5. The summed E-state index contributed by atoms with van der Waals surface area (Å²) in [5.74, 6) is 0.825. The van der Waals surface area contributed by atoms with Crippen molar-refractivity contribution in [3.63, 3.8) is 0 Å². The van der Waals surface area contributed by atoms with Gasteiger partial charge in [0.05, 0.1) is 6.61 Å². The molecular weight excluding hydrogens is 396 g/mol. The van der Waals surface area contributed by atoms with E-state index in [0.717, 1.165) is 60.8 Å². The van der Waals surface area contributed by atoms with E-state index in [0.29, 0.717) is 25.1 Å². The molecule has 2 N–H and O–H groups in total. The second-order valence-corrected chi connectivity index (χ2v) is 8.47. The van der Waals surface area contributed by atoms with Gasteiger partial charge in [0.25, 0.3) is 0 Å². The van der Waals surface area contributed by atoms with Gasteiger partial charge in [0.2, 0.25) is 12.3 Å². The van der Waals surface area contributed by atoms with E-state index in [1.807, 2.05) is 19.1 Å². The van der Waals surface area contributed by atoms with Crippen molar-refractivity contribution in [2.45, 2.75) is 64.8 Å². The Labute approximate surface area is 182 Å². The highest BCUT2D eigenvalue weighted by molar-refractivity contribution is 5.88. The van der Waals surface area contributed by atoms with E-state index in [9.17, 15) is 14.4 Å². The third kappa shape index (κ3) is 5.27. The highest BCUT2D eigenvalue weighted by atomic mass is 16.5. The molecule has 31 heavy (non-hydrogen) atoms. The number of rotatable bonds is 12. The third-order valence-electron chi connectivity index (χ3n) is 6.02. The molecule has 168 valence electrons. The zero-order valence-corrected chi connectivity index (χ0v) is 18.6. The van der Waals surface area contributed by atoms with Gasteiger partial charge in [-0.25, -0.2) is 4.79 Å². The second kappa shape index (κ2) is 9.98. The van der Waals surface area contributed by atoms with E-state index in [4.69, 9.17) is 9.15 Å². The smallest absolute Gasteiger partial charge is 0.336 e. The number of benzene rings is 1. The fourth-order valence-corrected chi connectivity index (χ4v) is 3.99. The summed E-state index contributed by atoms with van der Waals surface area (Å²) in [6.07, 6.45) is 5.73. The molecule has 1 saturated carbocycles. The van der Waals surface area contributed by atoms with E-state index in [1.165, 1.54) is 6.07 Å². The second-order valence-electron chi connectivity index (χ2n) is 8.47. The summed E-state index contributed by atoms with van der Waals surface area (Å²) >= 11 is 0. The molecule has 1 aromatic heterocycles. The van der Waals surface area contributed by atoms with Gasteiger partial charge in [-0.15, -0.1) is 0 Å². The summed E-state index contributed by atoms with van der Waals surface area (Å²) < 4.78 is 11.5. The van der Waals surface area contributed by atoms with Gasteiger partial charge in [-0.2, -0.15) is 0 Å². The molecule has 1 fully saturated rings. The van der Waals surface area contributed by atoms with Gasteiger partial charge in [0.1, 0.15) is 16.9 Å². The summed E-state index contributed by atoms with van der Waals surface area (Å²) in [6.45, 7) is 6.79. The van der Waals surface area contributed by atoms with Gasteiger partial charge < -0.3 is 19.8 Å². The van der Waals surface area contributed by atoms with Crippen molar-refractivity contribution >= 4 is 23.3 Å². The fraction of sp³-hybridized carbons (Fsp3) is 0.542. The highest BCUT2D eigenvalue weighted by Gasteiger charge is 2.46. The molecule has 1 heterocycles. The van der Waals surface area contributed by atoms with Gasteiger partial charge in [-0.1, -0.05) is 13.3 Å². The van der Waals surface area contributed by atoms with Gasteiger partial charge in [-0.3, -0.25) is 9.59 Å². The molecule has 0 saturated heterocycles. The zero-order valence-electron chi connectivity index (χ0n) is 18.6. The Morgan fingerprint density at radius 3 is 2.77 bits per heavy atom. The van der Waals surface area contributed by atoms with Gasteiger partial charge in [0.15, 0.2) is 0 Å². The summed E-state index contributed by atoms with van der Waals surface area (Å²) in [5.41, 5.74) is 1.26. The van der Waals surface area contributed by atoms with Crippen molar-refractivity contribution in [3.8, 4) is 5.75 Å². The number of fused-ring (bicyclic) bond motifs is 1. The van der Waals surface area contributed by atoms with E-state index in [2.05, 4.69) is 17.6 Å². The SMILES string of the molecule is CCCc1c(OCCCCNC(=O)C(C)(NC=O)C2CC2)ccc2c(C)cc(=O)oc12. The Morgan fingerprint density at radius 1 is 1.32 bits per heavy atom. The van der Waals surface area contributed by atoms with Crippen molar-refractivity contribution in [1.29, 1.82) is 0 Å². The molecule has 0 spiro atoms. The number of ether oxygens (including phenoxy) is 1.